The van der Waals surface area contributed by atoms with Crippen LogP contribution in [0, 0.1) is 5.41 Å². The minimum atomic E-state index is 0.0692. The van der Waals surface area contributed by atoms with E-state index in [1.54, 1.807) is 6.07 Å². The summed E-state index contributed by atoms with van der Waals surface area (Å²) in [5.74, 6) is 0.0692. The highest BCUT2D eigenvalue weighted by Crippen LogP contribution is 1.98. The Labute approximate surface area is 58.7 Å². The Hall–Kier alpha value is -1.29. The maximum absolute atomic E-state index is 7.05. The van der Waals surface area contributed by atoms with Gasteiger partial charge in [-0.1, -0.05) is 0 Å². The van der Waals surface area contributed by atoms with Gasteiger partial charge in [0.2, 0.25) is 0 Å². The van der Waals surface area contributed by atoms with Crippen molar-refractivity contribution >= 4 is 5.84 Å². The number of aromatic nitrogens is 1. The van der Waals surface area contributed by atoms with Gasteiger partial charge in [-0.15, -0.1) is 0 Å². The van der Waals surface area contributed by atoms with Gasteiger partial charge in [-0.05, 0) is 12.1 Å². The van der Waals surface area contributed by atoms with Gasteiger partial charge in [-0.2, -0.15) is 0 Å². The van der Waals surface area contributed by atoms with Crippen LogP contribution >= 0.6 is 0 Å². The van der Waals surface area contributed by atoms with Crippen LogP contribution in [0.3, 0.4) is 0 Å². The monoisotopic (exact) mass is 139 g/mol. The van der Waals surface area contributed by atoms with Crippen LogP contribution in [0.5, 0.6) is 0 Å². The Balaban J connectivity index is 2.88. The average Bonchev–Trinajstić information content (AvgIpc) is 2.34. The molecule has 0 amide bonds. The maximum Gasteiger partial charge on any atom is 0.139 e. The Kier molecular flexibility index (Phi) is 1.73. The van der Waals surface area contributed by atoms with Crippen molar-refractivity contribution in [2.24, 2.45) is 5.73 Å². The van der Waals surface area contributed by atoms with Gasteiger partial charge in [-0.25, -0.2) is 0 Å². The van der Waals surface area contributed by atoms with E-state index < -0.39 is 0 Å². The predicted octanol–water partition coefficient (Wildman–Crippen LogP) is -0.959. The normalized spacial score (nSPS) is 9.70. The Morgan fingerprint density at radius 2 is 2.40 bits per heavy atom. The van der Waals surface area contributed by atoms with E-state index in [2.05, 4.69) is 10.7 Å². The molecule has 10 heavy (non-hydrogen) atoms. The number of rotatable bonds is 2. The molecule has 0 radical (unpaired) electrons. The number of aromatic amines is 1. The van der Waals surface area contributed by atoms with Crippen molar-refractivity contribution in [3.05, 3.63) is 23.5 Å². The van der Waals surface area contributed by atoms with Crippen molar-refractivity contribution in [3.8, 4) is 0 Å². The number of H-pyrrole nitrogens is 1. The summed E-state index contributed by atoms with van der Waals surface area (Å²) in [6, 6.07) is 3.66. The lowest BCUT2D eigenvalue weighted by Gasteiger charge is -1.89. The molecule has 0 aliphatic carbocycles. The largest absolute Gasteiger partial charge is 0.382 e. The first-order valence-corrected chi connectivity index (χ1v) is 3.05. The van der Waals surface area contributed by atoms with Gasteiger partial charge in [0.05, 0.1) is 11.4 Å². The molecule has 0 aromatic carbocycles. The fraction of sp³-hybridized carbons (Fsp3) is 0.167. The lowest BCUT2D eigenvalue weighted by atomic mass is 10.4. The molecule has 1 aromatic heterocycles. The molecule has 54 valence electrons. The van der Waals surface area contributed by atoms with Crippen LogP contribution in [0.25, 0.3) is 0 Å². The molecular formula is C6H11N4+. The fourth-order valence-corrected chi connectivity index (χ4v) is 0.743. The molecule has 0 fully saturated rings. The molecule has 4 heteroatoms. The number of amidine groups is 1. The van der Waals surface area contributed by atoms with E-state index >= 15 is 0 Å². The Morgan fingerprint density at radius 1 is 1.70 bits per heavy atom. The summed E-state index contributed by atoms with van der Waals surface area (Å²) < 4.78 is 0. The molecule has 1 aromatic rings. The van der Waals surface area contributed by atoms with Crippen LogP contribution in [0.1, 0.15) is 11.4 Å². The molecule has 0 aliphatic rings. The van der Waals surface area contributed by atoms with E-state index in [0.29, 0.717) is 12.2 Å². The zero-order chi connectivity index (χ0) is 7.56. The summed E-state index contributed by atoms with van der Waals surface area (Å²) in [5, 5.41) is 7.05. The predicted molar refractivity (Wildman–Crippen MR) is 38.4 cm³/mol. The van der Waals surface area contributed by atoms with Gasteiger partial charge < -0.3 is 16.5 Å². The second-order valence-corrected chi connectivity index (χ2v) is 2.06. The quantitative estimate of drug-likeness (QED) is 0.308. The van der Waals surface area contributed by atoms with Crippen molar-refractivity contribution < 1.29 is 5.73 Å². The van der Waals surface area contributed by atoms with Gasteiger partial charge in [0.15, 0.2) is 0 Å². The van der Waals surface area contributed by atoms with Gasteiger partial charge in [-0.3, -0.25) is 5.41 Å². The highest BCUT2D eigenvalue weighted by atomic mass is 14.8. The minimum Gasteiger partial charge on any atom is -0.382 e. The van der Waals surface area contributed by atoms with E-state index in [4.69, 9.17) is 11.1 Å². The Bertz CT molecular complexity index is 238. The van der Waals surface area contributed by atoms with Crippen molar-refractivity contribution in [3.63, 3.8) is 0 Å². The number of nitrogen functional groups attached to an aromatic ring is 1. The lowest BCUT2D eigenvalue weighted by Crippen LogP contribution is -2.47. The van der Waals surface area contributed by atoms with Crippen molar-refractivity contribution in [2.45, 2.75) is 6.54 Å². The number of hydrogen-bond donors (Lipinski definition) is 4. The van der Waals surface area contributed by atoms with Gasteiger partial charge in [0.25, 0.3) is 0 Å². The molecule has 0 bridgehead atoms. The van der Waals surface area contributed by atoms with E-state index in [1.165, 1.54) is 0 Å². The van der Waals surface area contributed by atoms with E-state index in [-0.39, 0.29) is 5.84 Å². The van der Waals surface area contributed by atoms with Crippen molar-refractivity contribution in [1.29, 1.82) is 5.41 Å². The zero-order valence-corrected chi connectivity index (χ0v) is 5.65. The van der Waals surface area contributed by atoms with Crippen LogP contribution in [0.4, 0.5) is 0 Å². The van der Waals surface area contributed by atoms with Crippen LogP contribution in [0.15, 0.2) is 12.1 Å². The van der Waals surface area contributed by atoms with E-state index in [9.17, 15) is 0 Å². The highest BCUT2D eigenvalue weighted by molar-refractivity contribution is 5.93. The summed E-state index contributed by atoms with van der Waals surface area (Å²) in [7, 11) is 0. The molecule has 0 atom stereocenters. The molecular weight excluding hydrogens is 128 g/mol. The molecule has 0 aliphatic heterocycles. The molecule has 0 spiro atoms. The molecule has 0 saturated carbocycles. The number of hydrogen-bond acceptors (Lipinski definition) is 1. The van der Waals surface area contributed by atoms with Crippen LogP contribution in [0.2, 0.25) is 0 Å². The average molecular weight is 139 g/mol. The molecule has 1 heterocycles. The summed E-state index contributed by atoms with van der Waals surface area (Å²) in [6.07, 6.45) is 0. The van der Waals surface area contributed by atoms with Gasteiger partial charge in [0, 0.05) is 0 Å². The Morgan fingerprint density at radius 3 is 2.70 bits per heavy atom. The number of nitrogens with two attached hydrogens (primary N) is 1. The molecule has 4 nitrogen and oxygen atoms in total. The summed E-state index contributed by atoms with van der Waals surface area (Å²) >= 11 is 0. The fourth-order valence-electron chi connectivity index (χ4n) is 0.743. The van der Waals surface area contributed by atoms with Crippen molar-refractivity contribution in [1.82, 2.24) is 4.98 Å². The van der Waals surface area contributed by atoms with Gasteiger partial charge in [0.1, 0.15) is 12.4 Å². The maximum atomic E-state index is 7.05. The summed E-state index contributed by atoms with van der Waals surface area (Å²) in [6.45, 7) is 0.702. The van der Waals surface area contributed by atoms with Crippen LogP contribution in [-0.4, -0.2) is 10.8 Å². The number of nitrogens with one attached hydrogen (secondary N) is 2. The van der Waals surface area contributed by atoms with Crippen molar-refractivity contribution in [2.75, 3.05) is 0 Å². The number of quaternary nitrogens is 1. The zero-order valence-electron chi connectivity index (χ0n) is 5.65. The van der Waals surface area contributed by atoms with E-state index in [1.807, 2.05) is 6.07 Å². The molecule has 7 N–H and O–H groups in total. The first-order valence-electron chi connectivity index (χ1n) is 3.05. The summed E-state index contributed by atoms with van der Waals surface area (Å²) in [5.41, 5.74) is 10.6. The topological polar surface area (TPSA) is 93.3 Å². The standard InChI is InChI=1S/C6H10N4/c7-3-4-1-2-5(10-4)6(8)9/h1-2,10H,3,7H2,(H3,8,9)/p+1. The SMILES string of the molecule is N=C(N)c1ccc(C[NH3+])[nH]1. The smallest absolute Gasteiger partial charge is 0.139 e. The van der Waals surface area contributed by atoms with E-state index in [0.717, 1.165) is 5.69 Å². The van der Waals surface area contributed by atoms with Gasteiger partial charge >= 0.3 is 0 Å². The second kappa shape index (κ2) is 2.53. The van der Waals surface area contributed by atoms with Crippen LogP contribution in [-0.2, 0) is 6.54 Å². The molecule has 0 unspecified atom stereocenters. The second-order valence-electron chi connectivity index (χ2n) is 2.06. The third kappa shape index (κ3) is 1.16. The first kappa shape index (κ1) is 6.82. The minimum absolute atomic E-state index is 0.0692. The molecule has 1 rings (SSSR count). The third-order valence-electron chi connectivity index (χ3n) is 1.31. The highest BCUT2D eigenvalue weighted by Gasteiger charge is 1.98. The molecule has 0 saturated heterocycles. The summed E-state index contributed by atoms with van der Waals surface area (Å²) in [4.78, 5) is 2.95. The lowest BCUT2D eigenvalue weighted by molar-refractivity contribution is -0.387. The first-order chi connectivity index (χ1) is 4.74. The third-order valence-corrected chi connectivity index (χ3v) is 1.31. The van der Waals surface area contributed by atoms with Crippen LogP contribution < -0.4 is 11.5 Å².